The number of hydrogen-bond acceptors (Lipinski definition) is 3. The number of amides is 1. The zero-order valence-corrected chi connectivity index (χ0v) is 9.34. The van der Waals surface area contributed by atoms with Crippen LogP contribution in [0.1, 0.15) is 27.2 Å². The van der Waals surface area contributed by atoms with Gasteiger partial charge in [0.2, 0.25) is 5.91 Å². The third kappa shape index (κ3) is 8.01. The minimum absolute atomic E-state index is 0.0174. The van der Waals surface area contributed by atoms with Crippen molar-refractivity contribution >= 4 is 5.91 Å². The summed E-state index contributed by atoms with van der Waals surface area (Å²) in [4.78, 5) is 10.5. The Morgan fingerprint density at radius 1 is 1.36 bits per heavy atom. The molecule has 1 atom stereocenters. The van der Waals surface area contributed by atoms with Gasteiger partial charge in [0.05, 0.1) is 6.61 Å². The minimum atomic E-state index is -0.0174. The summed E-state index contributed by atoms with van der Waals surface area (Å²) in [5.41, 5.74) is 0. The van der Waals surface area contributed by atoms with Crippen LogP contribution in [0.25, 0.3) is 0 Å². The number of nitrogens with one attached hydrogen (secondary N) is 2. The fraction of sp³-hybridized carbons (Fsp3) is 0.900. The summed E-state index contributed by atoms with van der Waals surface area (Å²) in [7, 11) is 0. The van der Waals surface area contributed by atoms with Crippen LogP contribution in [0.4, 0.5) is 0 Å². The van der Waals surface area contributed by atoms with Crippen LogP contribution in [0, 0.1) is 5.92 Å². The molecule has 0 aromatic heterocycles. The van der Waals surface area contributed by atoms with Crippen molar-refractivity contribution in [3.63, 3.8) is 0 Å². The Kier molecular flexibility index (Phi) is 7.42. The van der Waals surface area contributed by atoms with Crippen molar-refractivity contribution in [2.24, 2.45) is 5.92 Å². The summed E-state index contributed by atoms with van der Waals surface area (Å²) >= 11 is 0. The van der Waals surface area contributed by atoms with Crippen LogP contribution < -0.4 is 10.6 Å². The van der Waals surface area contributed by atoms with Gasteiger partial charge in [-0.1, -0.05) is 13.8 Å². The summed E-state index contributed by atoms with van der Waals surface area (Å²) in [6.07, 6.45) is 0.955. The van der Waals surface area contributed by atoms with Gasteiger partial charge in [0, 0.05) is 26.1 Å². The molecule has 3 N–H and O–H groups in total. The molecule has 4 nitrogen and oxygen atoms in total. The van der Waals surface area contributed by atoms with Gasteiger partial charge >= 0.3 is 0 Å². The van der Waals surface area contributed by atoms with E-state index in [4.69, 9.17) is 5.11 Å². The van der Waals surface area contributed by atoms with Crippen molar-refractivity contribution in [2.75, 3.05) is 19.7 Å². The lowest BCUT2D eigenvalue weighted by Crippen LogP contribution is -2.39. The fourth-order valence-electron chi connectivity index (χ4n) is 1.31. The smallest absolute Gasteiger partial charge is 0.216 e. The number of carbonyl (C=O) groups excluding carboxylic acids is 1. The maximum absolute atomic E-state index is 10.5. The third-order valence-electron chi connectivity index (χ3n) is 1.91. The van der Waals surface area contributed by atoms with Gasteiger partial charge < -0.3 is 15.7 Å². The topological polar surface area (TPSA) is 61.4 Å². The Morgan fingerprint density at radius 3 is 2.43 bits per heavy atom. The lowest BCUT2D eigenvalue weighted by atomic mass is 10.0. The van der Waals surface area contributed by atoms with Crippen LogP contribution in [0.15, 0.2) is 0 Å². The molecule has 0 aliphatic heterocycles. The SMILES string of the molecule is CC(=O)NCCNC(CO)CC(C)C. The highest BCUT2D eigenvalue weighted by atomic mass is 16.3. The van der Waals surface area contributed by atoms with E-state index in [1.165, 1.54) is 6.92 Å². The van der Waals surface area contributed by atoms with Crippen molar-refractivity contribution in [1.82, 2.24) is 10.6 Å². The molecule has 0 saturated carbocycles. The quantitative estimate of drug-likeness (QED) is 0.514. The Morgan fingerprint density at radius 2 is 2.00 bits per heavy atom. The third-order valence-corrected chi connectivity index (χ3v) is 1.91. The largest absolute Gasteiger partial charge is 0.395 e. The number of aliphatic hydroxyl groups is 1. The fourth-order valence-corrected chi connectivity index (χ4v) is 1.31. The van der Waals surface area contributed by atoms with E-state index in [1.807, 2.05) is 0 Å². The van der Waals surface area contributed by atoms with Crippen LogP contribution in [0.2, 0.25) is 0 Å². The van der Waals surface area contributed by atoms with Crippen LogP contribution >= 0.6 is 0 Å². The molecule has 0 rings (SSSR count). The monoisotopic (exact) mass is 202 g/mol. The van der Waals surface area contributed by atoms with Gasteiger partial charge in [0.25, 0.3) is 0 Å². The predicted molar refractivity (Wildman–Crippen MR) is 57.0 cm³/mol. The highest BCUT2D eigenvalue weighted by molar-refractivity contribution is 5.72. The van der Waals surface area contributed by atoms with Crippen molar-refractivity contribution in [3.05, 3.63) is 0 Å². The van der Waals surface area contributed by atoms with Gasteiger partial charge in [-0.15, -0.1) is 0 Å². The molecule has 0 fully saturated rings. The lowest BCUT2D eigenvalue weighted by Gasteiger charge is -2.18. The molecule has 0 aromatic rings. The summed E-state index contributed by atoms with van der Waals surface area (Å²) in [6.45, 7) is 7.22. The Hall–Kier alpha value is -0.610. The molecule has 0 aliphatic carbocycles. The van der Waals surface area contributed by atoms with E-state index in [0.717, 1.165) is 6.42 Å². The Labute approximate surface area is 86.1 Å². The second-order valence-corrected chi connectivity index (χ2v) is 3.95. The zero-order chi connectivity index (χ0) is 11.0. The van der Waals surface area contributed by atoms with Crippen LogP contribution in [0.3, 0.4) is 0 Å². The van der Waals surface area contributed by atoms with Crippen molar-refractivity contribution in [2.45, 2.75) is 33.2 Å². The van der Waals surface area contributed by atoms with Crippen LogP contribution in [-0.4, -0.2) is 36.8 Å². The highest BCUT2D eigenvalue weighted by Gasteiger charge is 2.07. The number of rotatable bonds is 7. The summed E-state index contributed by atoms with van der Waals surface area (Å²) in [5, 5.41) is 14.9. The maximum atomic E-state index is 10.5. The molecule has 0 spiro atoms. The first-order valence-corrected chi connectivity index (χ1v) is 5.15. The first kappa shape index (κ1) is 13.4. The Balaban J connectivity index is 3.47. The average Bonchev–Trinajstić information content (AvgIpc) is 2.09. The molecule has 4 heteroatoms. The van der Waals surface area contributed by atoms with E-state index in [-0.39, 0.29) is 18.6 Å². The summed E-state index contributed by atoms with van der Waals surface area (Å²) in [6, 6.07) is 0.142. The molecule has 14 heavy (non-hydrogen) atoms. The zero-order valence-electron chi connectivity index (χ0n) is 9.34. The Bertz CT molecular complexity index is 160. The second-order valence-electron chi connectivity index (χ2n) is 3.95. The van der Waals surface area contributed by atoms with E-state index in [9.17, 15) is 4.79 Å². The average molecular weight is 202 g/mol. The molecule has 0 aliphatic rings. The van der Waals surface area contributed by atoms with E-state index < -0.39 is 0 Å². The molecule has 0 heterocycles. The molecule has 1 unspecified atom stereocenters. The number of carbonyl (C=O) groups is 1. The van der Waals surface area contributed by atoms with Crippen LogP contribution in [-0.2, 0) is 4.79 Å². The maximum Gasteiger partial charge on any atom is 0.216 e. The standard InChI is InChI=1S/C10H22N2O2/c1-8(2)6-10(7-13)12-5-4-11-9(3)14/h8,10,12-13H,4-7H2,1-3H3,(H,11,14). The van der Waals surface area contributed by atoms with Crippen LogP contribution in [0.5, 0.6) is 0 Å². The first-order valence-electron chi connectivity index (χ1n) is 5.15. The molecular formula is C10H22N2O2. The first-order chi connectivity index (χ1) is 6.56. The second kappa shape index (κ2) is 7.76. The molecule has 0 radical (unpaired) electrons. The van der Waals surface area contributed by atoms with Gasteiger partial charge in [-0.05, 0) is 12.3 Å². The molecule has 84 valence electrons. The molecule has 1 amide bonds. The molecular weight excluding hydrogens is 180 g/mol. The van der Waals surface area contributed by atoms with E-state index in [2.05, 4.69) is 24.5 Å². The van der Waals surface area contributed by atoms with Crippen molar-refractivity contribution in [3.8, 4) is 0 Å². The molecule has 0 aromatic carbocycles. The van der Waals surface area contributed by atoms with Gasteiger partial charge in [0.1, 0.15) is 0 Å². The van der Waals surface area contributed by atoms with E-state index in [1.54, 1.807) is 0 Å². The lowest BCUT2D eigenvalue weighted by molar-refractivity contribution is -0.118. The highest BCUT2D eigenvalue weighted by Crippen LogP contribution is 2.03. The summed E-state index contributed by atoms with van der Waals surface area (Å²) < 4.78 is 0. The van der Waals surface area contributed by atoms with Crippen molar-refractivity contribution < 1.29 is 9.90 Å². The normalized spacial score (nSPS) is 12.9. The van der Waals surface area contributed by atoms with Gasteiger partial charge in [-0.2, -0.15) is 0 Å². The minimum Gasteiger partial charge on any atom is -0.395 e. The van der Waals surface area contributed by atoms with Gasteiger partial charge in [-0.25, -0.2) is 0 Å². The van der Waals surface area contributed by atoms with Gasteiger partial charge in [0.15, 0.2) is 0 Å². The van der Waals surface area contributed by atoms with Gasteiger partial charge in [-0.3, -0.25) is 4.79 Å². The van der Waals surface area contributed by atoms with Crippen molar-refractivity contribution in [1.29, 1.82) is 0 Å². The predicted octanol–water partition coefficient (Wildman–Crippen LogP) is 0.119. The van der Waals surface area contributed by atoms with E-state index in [0.29, 0.717) is 19.0 Å². The summed E-state index contributed by atoms with van der Waals surface area (Å²) in [5.74, 6) is 0.552. The number of hydrogen-bond donors (Lipinski definition) is 3. The molecule has 0 saturated heterocycles. The van der Waals surface area contributed by atoms with E-state index >= 15 is 0 Å². The molecule has 0 bridgehead atoms. The number of aliphatic hydroxyl groups excluding tert-OH is 1.